The van der Waals surface area contributed by atoms with E-state index in [0.717, 1.165) is 35.9 Å². The summed E-state index contributed by atoms with van der Waals surface area (Å²) < 4.78 is 2.02. The highest BCUT2D eigenvalue weighted by Crippen LogP contribution is 2.16. The Morgan fingerprint density at radius 2 is 2.26 bits per heavy atom. The Morgan fingerprint density at radius 1 is 1.37 bits per heavy atom. The van der Waals surface area contributed by atoms with E-state index in [-0.39, 0.29) is 0 Å². The zero-order chi connectivity index (χ0) is 13.2. The maximum Gasteiger partial charge on any atom is 0.137 e. The van der Waals surface area contributed by atoms with Crippen molar-refractivity contribution in [1.29, 1.82) is 0 Å². The second-order valence-electron chi connectivity index (χ2n) is 5.76. The molecular weight excluding hydrogens is 236 g/mol. The number of aromatic nitrogens is 2. The highest BCUT2D eigenvalue weighted by Gasteiger charge is 2.16. The molecule has 0 aromatic carbocycles. The maximum atomic E-state index is 5.78. The minimum absolute atomic E-state index is 0.779. The van der Waals surface area contributed by atoms with Gasteiger partial charge in [-0.15, -0.1) is 0 Å². The topological polar surface area (TPSA) is 46.6 Å². The first kappa shape index (κ1) is 12.5. The zero-order valence-corrected chi connectivity index (χ0v) is 11.5. The summed E-state index contributed by atoms with van der Waals surface area (Å²) in [6.45, 7) is 5.94. The summed E-state index contributed by atoms with van der Waals surface area (Å²) in [7, 11) is 0. The number of imidazole rings is 1. The molecule has 1 aliphatic heterocycles. The van der Waals surface area contributed by atoms with Gasteiger partial charge in [0.1, 0.15) is 5.65 Å². The van der Waals surface area contributed by atoms with Crippen molar-refractivity contribution in [3.63, 3.8) is 0 Å². The van der Waals surface area contributed by atoms with Crippen molar-refractivity contribution in [3.05, 3.63) is 30.2 Å². The Bertz CT molecular complexity index is 560. The zero-order valence-electron chi connectivity index (χ0n) is 11.5. The van der Waals surface area contributed by atoms with Crippen molar-refractivity contribution in [2.75, 3.05) is 25.4 Å². The molecule has 1 atom stereocenters. The third-order valence-electron chi connectivity index (χ3n) is 3.95. The number of hydrogen-bond donors (Lipinski definition) is 1. The van der Waals surface area contributed by atoms with Gasteiger partial charge in [0.15, 0.2) is 0 Å². The number of nitrogens with two attached hydrogens (primary N) is 1. The molecule has 1 fully saturated rings. The summed E-state index contributed by atoms with van der Waals surface area (Å²) in [6, 6.07) is 3.88. The second kappa shape index (κ2) is 5.21. The summed E-state index contributed by atoms with van der Waals surface area (Å²) in [5.74, 6) is 0.842. The van der Waals surface area contributed by atoms with Gasteiger partial charge in [-0.25, -0.2) is 4.98 Å². The Kier molecular flexibility index (Phi) is 3.42. The molecule has 102 valence electrons. The molecular formula is C15H22N4. The Labute approximate surface area is 114 Å². The fourth-order valence-electron chi connectivity index (χ4n) is 2.94. The van der Waals surface area contributed by atoms with Crippen molar-refractivity contribution in [2.45, 2.75) is 26.2 Å². The van der Waals surface area contributed by atoms with E-state index in [4.69, 9.17) is 5.73 Å². The van der Waals surface area contributed by atoms with Crippen LogP contribution in [0.4, 0.5) is 5.69 Å². The van der Waals surface area contributed by atoms with Crippen LogP contribution in [-0.2, 0) is 6.42 Å². The lowest BCUT2D eigenvalue weighted by molar-refractivity contribution is 0.185. The minimum Gasteiger partial charge on any atom is -0.398 e. The van der Waals surface area contributed by atoms with Crippen LogP contribution in [0.1, 0.15) is 25.5 Å². The van der Waals surface area contributed by atoms with Gasteiger partial charge in [0.2, 0.25) is 0 Å². The standard InChI is InChI=1S/C15H22N4/c1-12-3-2-7-18(9-12)8-6-14-11-19-10-13(16)4-5-15(19)17-14/h4-5,10-12H,2-3,6-9,16H2,1H3. The summed E-state index contributed by atoms with van der Waals surface area (Å²) >= 11 is 0. The number of pyridine rings is 1. The molecule has 2 N–H and O–H groups in total. The SMILES string of the molecule is CC1CCCN(CCc2cn3cc(N)ccc3n2)C1. The van der Waals surface area contributed by atoms with Crippen molar-refractivity contribution in [2.24, 2.45) is 5.92 Å². The van der Waals surface area contributed by atoms with Gasteiger partial charge in [0.05, 0.1) is 5.69 Å². The van der Waals surface area contributed by atoms with Crippen LogP contribution in [0.2, 0.25) is 0 Å². The number of nitrogen functional groups attached to an aromatic ring is 1. The monoisotopic (exact) mass is 258 g/mol. The predicted octanol–water partition coefficient (Wildman–Crippen LogP) is 2.19. The first-order valence-corrected chi connectivity index (χ1v) is 7.16. The van der Waals surface area contributed by atoms with Gasteiger partial charge < -0.3 is 15.0 Å². The molecule has 1 unspecified atom stereocenters. The van der Waals surface area contributed by atoms with Gasteiger partial charge >= 0.3 is 0 Å². The van der Waals surface area contributed by atoms with Gasteiger partial charge in [-0.3, -0.25) is 0 Å². The number of hydrogen-bond acceptors (Lipinski definition) is 3. The molecule has 0 saturated carbocycles. The van der Waals surface area contributed by atoms with Crippen molar-refractivity contribution in [1.82, 2.24) is 14.3 Å². The van der Waals surface area contributed by atoms with Crippen LogP contribution >= 0.6 is 0 Å². The normalized spacial score (nSPS) is 21.0. The third kappa shape index (κ3) is 2.89. The average molecular weight is 258 g/mol. The summed E-state index contributed by atoms with van der Waals surface area (Å²) in [6.07, 6.45) is 7.76. The van der Waals surface area contributed by atoms with E-state index in [9.17, 15) is 0 Å². The molecule has 2 aromatic heterocycles. The average Bonchev–Trinajstić information content (AvgIpc) is 2.78. The largest absolute Gasteiger partial charge is 0.398 e. The van der Waals surface area contributed by atoms with E-state index in [2.05, 4.69) is 23.0 Å². The number of nitrogens with zero attached hydrogens (tertiary/aromatic N) is 3. The lowest BCUT2D eigenvalue weighted by Crippen LogP contribution is -2.35. The van der Waals surface area contributed by atoms with Crippen molar-refractivity contribution >= 4 is 11.3 Å². The molecule has 4 nitrogen and oxygen atoms in total. The van der Waals surface area contributed by atoms with E-state index in [1.807, 2.05) is 22.7 Å². The second-order valence-corrected chi connectivity index (χ2v) is 5.76. The van der Waals surface area contributed by atoms with Gasteiger partial charge in [-0.05, 0) is 37.4 Å². The number of likely N-dealkylation sites (tertiary alicyclic amines) is 1. The lowest BCUT2D eigenvalue weighted by Gasteiger charge is -2.30. The van der Waals surface area contributed by atoms with Crippen LogP contribution in [0.25, 0.3) is 5.65 Å². The van der Waals surface area contributed by atoms with Gasteiger partial charge in [0.25, 0.3) is 0 Å². The molecule has 4 heteroatoms. The number of anilines is 1. The Hall–Kier alpha value is -1.55. The predicted molar refractivity (Wildman–Crippen MR) is 78.1 cm³/mol. The van der Waals surface area contributed by atoms with E-state index >= 15 is 0 Å². The first-order chi connectivity index (χ1) is 9.20. The molecule has 0 amide bonds. The number of rotatable bonds is 3. The van der Waals surface area contributed by atoms with Crippen molar-refractivity contribution in [3.8, 4) is 0 Å². The molecule has 2 aromatic rings. The fraction of sp³-hybridized carbons (Fsp3) is 0.533. The minimum atomic E-state index is 0.779. The molecule has 0 radical (unpaired) electrons. The summed E-state index contributed by atoms with van der Waals surface area (Å²) in [5, 5.41) is 0. The van der Waals surface area contributed by atoms with Gasteiger partial charge in [-0.1, -0.05) is 6.92 Å². The first-order valence-electron chi connectivity index (χ1n) is 7.16. The Balaban J connectivity index is 1.65. The van der Waals surface area contributed by atoms with Crippen LogP contribution in [0.15, 0.2) is 24.5 Å². The highest BCUT2D eigenvalue weighted by atomic mass is 15.1. The molecule has 19 heavy (non-hydrogen) atoms. The molecule has 3 rings (SSSR count). The van der Waals surface area contributed by atoms with E-state index < -0.39 is 0 Å². The molecule has 0 aliphatic carbocycles. The Morgan fingerprint density at radius 3 is 3.11 bits per heavy atom. The van der Waals surface area contributed by atoms with Gasteiger partial charge in [0, 0.05) is 37.6 Å². The summed E-state index contributed by atoms with van der Waals surface area (Å²) in [5.41, 5.74) is 8.70. The highest BCUT2D eigenvalue weighted by molar-refractivity contribution is 5.48. The molecule has 1 aliphatic rings. The third-order valence-corrected chi connectivity index (χ3v) is 3.95. The smallest absolute Gasteiger partial charge is 0.137 e. The van der Waals surface area contributed by atoms with Crippen LogP contribution in [-0.4, -0.2) is 33.9 Å². The fourth-order valence-corrected chi connectivity index (χ4v) is 2.94. The number of fused-ring (bicyclic) bond motifs is 1. The van der Waals surface area contributed by atoms with Gasteiger partial charge in [-0.2, -0.15) is 0 Å². The molecule has 1 saturated heterocycles. The lowest BCUT2D eigenvalue weighted by atomic mass is 10.0. The maximum absolute atomic E-state index is 5.78. The van der Waals surface area contributed by atoms with Crippen LogP contribution in [0.3, 0.4) is 0 Å². The molecule has 0 bridgehead atoms. The molecule has 0 spiro atoms. The van der Waals surface area contributed by atoms with Crippen LogP contribution < -0.4 is 5.73 Å². The van der Waals surface area contributed by atoms with E-state index in [1.165, 1.54) is 25.9 Å². The van der Waals surface area contributed by atoms with E-state index in [1.54, 1.807) is 0 Å². The van der Waals surface area contributed by atoms with Crippen LogP contribution in [0.5, 0.6) is 0 Å². The molecule has 3 heterocycles. The number of piperidine rings is 1. The quantitative estimate of drug-likeness (QED) is 0.918. The van der Waals surface area contributed by atoms with E-state index in [0.29, 0.717) is 0 Å². The van der Waals surface area contributed by atoms with Crippen molar-refractivity contribution < 1.29 is 0 Å². The summed E-state index contributed by atoms with van der Waals surface area (Å²) in [4.78, 5) is 7.20. The van der Waals surface area contributed by atoms with Crippen LogP contribution in [0, 0.1) is 5.92 Å².